The lowest BCUT2D eigenvalue weighted by molar-refractivity contribution is 0.0921. The summed E-state index contributed by atoms with van der Waals surface area (Å²) in [6.07, 6.45) is 2.63. The monoisotopic (exact) mass is 372 g/mol. The Morgan fingerprint density at radius 3 is 2.78 bits per heavy atom. The van der Waals surface area contributed by atoms with Crippen LogP contribution in [0.4, 0.5) is 5.69 Å². The Hall–Kier alpha value is -2.87. The van der Waals surface area contributed by atoms with Gasteiger partial charge in [-0.25, -0.2) is 4.98 Å². The van der Waals surface area contributed by atoms with Gasteiger partial charge < -0.3 is 24.7 Å². The van der Waals surface area contributed by atoms with Crippen molar-refractivity contribution in [2.75, 3.05) is 32.7 Å². The van der Waals surface area contributed by atoms with Gasteiger partial charge in [-0.15, -0.1) is 0 Å². The number of aromatic nitrogens is 2. The number of rotatable bonds is 7. The number of ether oxygens (including phenoxy) is 2. The lowest BCUT2D eigenvalue weighted by Gasteiger charge is -2.17. The zero-order chi connectivity index (χ0) is 19.2. The van der Waals surface area contributed by atoms with Crippen LogP contribution in [0.25, 0.3) is 0 Å². The molecule has 1 aromatic heterocycles. The second-order valence-corrected chi connectivity index (χ2v) is 6.24. The molecule has 0 aliphatic carbocycles. The smallest absolute Gasteiger partial charge is 0.287 e. The van der Waals surface area contributed by atoms with Crippen LogP contribution in [0.2, 0.25) is 0 Å². The molecule has 27 heavy (non-hydrogen) atoms. The number of imidazole rings is 1. The van der Waals surface area contributed by atoms with Crippen molar-refractivity contribution in [3.63, 3.8) is 0 Å². The number of anilines is 1. The van der Waals surface area contributed by atoms with E-state index in [9.17, 15) is 9.59 Å². The molecule has 1 aliphatic rings. The summed E-state index contributed by atoms with van der Waals surface area (Å²) in [6, 6.07) is 7.18. The summed E-state index contributed by atoms with van der Waals surface area (Å²) in [6.45, 7) is 1.48. The maximum absolute atomic E-state index is 12.9. The van der Waals surface area contributed by atoms with E-state index < -0.39 is 0 Å². The summed E-state index contributed by atoms with van der Waals surface area (Å²) >= 11 is 0. The van der Waals surface area contributed by atoms with Gasteiger partial charge in [0.25, 0.3) is 11.8 Å². The summed E-state index contributed by atoms with van der Waals surface area (Å²) in [7, 11) is 3.12. The molecule has 144 valence electrons. The van der Waals surface area contributed by atoms with Gasteiger partial charge in [-0.1, -0.05) is 12.1 Å². The third-order valence-electron chi connectivity index (χ3n) is 4.48. The zero-order valence-electron chi connectivity index (χ0n) is 15.6. The van der Waals surface area contributed by atoms with Gasteiger partial charge in [0.15, 0.2) is 11.5 Å². The van der Waals surface area contributed by atoms with Crippen LogP contribution < -0.4 is 15.4 Å². The van der Waals surface area contributed by atoms with Gasteiger partial charge in [-0.05, 0) is 31.4 Å². The molecule has 8 heteroatoms. The number of carbonyl (C=O) groups is 2. The summed E-state index contributed by atoms with van der Waals surface area (Å²) in [5.41, 5.74) is 1.65. The highest BCUT2D eigenvalue weighted by Gasteiger charge is 2.27. The van der Waals surface area contributed by atoms with Crippen LogP contribution in [-0.4, -0.2) is 48.7 Å². The SMILES string of the molecule is COCCNC(=O)c1nc(C(=O)Nc2ccccc2OC)c2n1CCCC2. The van der Waals surface area contributed by atoms with E-state index >= 15 is 0 Å². The van der Waals surface area contributed by atoms with E-state index in [4.69, 9.17) is 9.47 Å². The van der Waals surface area contributed by atoms with E-state index in [2.05, 4.69) is 15.6 Å². The first-order valence-electron chi connectivity index (χ1n) is 8.96. The Balaban J connectivity index is 1.86. The maximum Gasteiger partial charge on any atom is 0.287 e. The maximum atomic E-state index is 12.9. The van der Waals surface area contributed by atoms with Crippen molar-refractivity contribution in [1.29, 1.82) is 0 Å². The summed E-state index contributed by atoms with van der Waals surface area (Å²) < 4.78 is 12.1. The molecule has 8 nitrogen and oxygen atoms in total. The largest absolute Gasteiger partial charge is 0.495 e. The summed E-state index contributed by atoms with van der Waals surface area (Å²) in [5, 5.41) is 5.61. The van der Waals surface area contributed by atoms with E-state index in [0.29, 0.717) is 37.6 Å². The number of nitrogens with one attached hydrogen (secondary N) is 2. The Morgan fingerprint density at radius 1 is 1.19 bits per heavy atom. The van der Waals surface area contributed by atoms with Crippen molar-refractivity contribution in [2.45, 2.75) is 25.8 Å². The number of nitrogens with zero attached hydrogens (tertiary/aromatic N) is 2. The standard InChI is InChI=1S/C19H24N4O4/c1-26-12-10-20-19(25)17-22-16(14-8-5-6-11-23(14)17)18(24)21-13-7-3-4-9-15(13)27-2/h3-4,7,9H,5-6,8,10-12H2,1-2H3,(H,20,25)(H,21,24). The van der Waals surface area contributed by atoms with Crippen molar-refractivity contribution in [1.82, 2.24) is 14.9 Å². The molecule has 0 spiro atoms. The topological polar surface area (TPSA) is 94.5 Å². The third-order valence-corrected chi connectivity index (χ3v) is 4.48. The van der Waals surface area contributed by atoms with Gasteiger partial charge >= 0.3 is 0 Å². The summed E-state index contributed by atoms with van der Waals surface area (Å²) in [5.74, 6) is 0.190. The molecule has 0 unspecified atom stereocenters. The average Bonchev–Trinajstić information content (AvgIpc) is 3.08. The molecular weight excluding hydrogens is 348 g/mol. The fourth-order valence-electron chi connectivity index (χ4n) is 3.17. The average molecular weight is 372 g/mol. The van der Waals surface area contributed by atoms with Crippen LogP contribution in [0.5, 0.6) is 5.75 Å². The zero-order valence-corrected chi connectivity index (χ0v) is 15.6. The van der Waals surface area contributed by atoms with Gasteiger partial charge in [0, 0.05) is 20.2 Å². The first kappa shape index (κ1) is 18.9. The Labute approximate surface area is 157 Å². The fourth-order valence-corrected chi connectivity index (χ4v) is 3.17. The van der Waals surface area contributed by atoms with Gasteiger partial charge in [-0.3, -0.25) is 9.59 Å². The van der Waals surface area contributed by atoms with Crippen LogP contribution in [0.1, 0.15) is 39.6 Å². The highest BCUT2D eigenvalue weighted by molar-refractivity contribution is 6.05. The quantitative estimate of drug-likeness (QED) is 0.724. The van der Waals surface area contributed by atoms with E-state index in [0.717, 1.165) is 18.5 Å². The molecule has 3 rings (SSSR count). The van der Waals surface area contributed by atoms with Gasteiger partial charge in [0.2, 0.25) is 0 Å². The van der Waals surface area contributed by atoms with Crippen molar-refractivity contribution < 1.29 is 19.1 Å². The molecular formula is C19H24N4O4. The van der Waals surface area contributed by atoms with Crippen LogP contribution in [0, 0.1) is 0 Å². The number of hydrogen-bond acceptors (Lipinski definition) is 5. The Morgan fingerprint density at radius 2 is 2.00 bits per heavy atom. The lowest BCUT2D eigenvalue weighted by atomic mass is 10.1. The molecule has 0 radical (unpaired) electrons. The van der Waals surface area contributed by atoms with Crippen molar-refractivity contribution in [3.05, 3.63) is 41.5 Å². The highest BCUT2D eigenvalue weighted by atomic mass is 16.5. The second-order valence-electron chi connectivity index (χ2n) is 6.24. The molecule has 2 heterocycles. The lowest BCUT2D eigenvalue weighted by Crippen LogP contribution is -2.30. The molecule has 1 aromatic carbocycles. The van der Waals surface area contributed by atoms with Gasteiger partial charge in [0.1, 0.15) is 5.75 Å². The van der Waals surface area contributed by atoms with Crippen LogP contribution in [-0.2, 0) is 17.7 Å². The normalized spacial score (nSPS) is 13.0. The molecule has 0 saturated carbocycles. The van der Waals surface area contributed by atoms with Crippen molar-refractivity contribution in [2.24, 2.45) is 0 Å². The number of fused-ring (bicyclic) bond motifs is 1. The minimum absolute atomic E-state index is 0.269. The molecule has 2 aromatic rings. The minimum atomic E-state index is -0.346. The molecule has 0 saturated heterocycles. The van der Waals surface area contributed by atoms with E-state index in [-0.39, 0.29) is 23.3 Å². The van der Waals surface area contributed by atoms with Crippen molar-refractivity contribution >= 4 is 17.5 Å². The van der Waals surface area contributed by atoms with E-state index in [1.54, 1.807) is 26.4 Å². The van der Waals surface area contributed by atoms with E-state index in [1.807, 2.05) is 16.7 Å². The molecule has 1 aliphatic heterocycles. The first-order chi connectivity index (χ1) is 13.2. The van der Waals surface area contributed by atoms with Crippen molar-refractivity contribution in [3.8, 4) is 5.75 Å². The predicted molar refractivity (Wildman–Crippen MR) is 100 cm³/mol. The Bertz CT molecular complexity index is 831. The summed E-state index contributed by atoms with van der Waals surface area (Å²) in [4.78, 5) is 29.7. The number of methoxy groups -OCH3 is 2. The van der Waals surface area contributed by atoms with Crippen LogP contribution in [0.15, 0.2) is 24.3 Å². The fraction of sp³-hybridized carbons (Fsp3) is 0.421. The van der Waals surface area contributed by atoms with Crippen LogP contribution >= 0.6 is 0 Å². The molecule has 0 bridgehead atoms. The van der Waals surface area contributed by atoms with Gasteiger partial charge in [0.05, 0.1) is 25.1 Å². The van der Waals surface area contributed by atoms with Gasteiger partial charge in [-0.2, -0.15) is 0 Å². The van der Waals surface area contributed by atoms with Crippen LogP contribution in [0.3, 0.4) is 0 Å². The second kappa shape index (κ2) is 8.68. The number of amides is 2. The third kappa shape index (κ3) is 4.11. The molecule has 2 N–H and O–H groups in total. The first-order valence-corrected chi connectivity index (χ1v) is 8.96. The molecule has 0 fully saturated rings. The minimum Gasteiger partial charge on any atom is -0.495 e. The Kier molecular flexibility index (Phi) is 6.08. The number of hydrogen-bond donors (Lipinski definition) is 2. The number of carbonyl (C=O) groups excluding carboxylic acids is 2. The number of para-hydroxylation sites is 2. The predicted octanol–water partition coefficient (Wildman–Crippen LogP) is 1.86. The van der Waals surface area contributed by atoms with E-state index in [1.165, 1.54) is 0 Å². The molecule has 0 atom stereocenters. The highest BCUT2D eigenvalue weighted by Crippen LogP contribution is 2.26. The number of benzene rings is 1. The molecule has 2 amide bonds.